The second kappa shape index (κ2) is 10.6. The van der Waals surface area contributed by atoms with Gasteiger partial charge >= 0.3 is 5.97 Å². The first kappa shape index (κ1) is 22.9. The van der Waals surface area contributed by atoms with Crippen molar-refractivity contribution in [1.82, 2.24) is 0 Å². The Morgan fingerprint density at radius 1 is 0.939 bits per heavy atom. The number of para-hydroxylation sites is 2. The first-order valence-corrected chi connectivity index (χ1v) is 11.8. The van der Waals surface area contributed by atoms with Crippen LogP contribution >= 0.6 is 0 Å². The molecule has 0 radical (unpaired) electrons. The second-order valence-electron chi connectivity index (χ2n) is 9.20. The Bertz CT molecular complexity index is 1060. The maximum atomic E-state index is 11.5. The molecule has 4 rings (SSSR count). The summed E-state index contributed by atoms with van der Waals surface area (Å²) in [5.41, 5.74) is 7.35. The third-order valence-corrected chi connectivity index (χ3v) is 6.12. The normalized spacial score (nSPS) is 13.9. The molecular weight excluding hydrogens is 408 g/mol. The summed E-state index contributed by atoms with van der Waals surface area (Å²) in [5, 5.41) is 3.71. The number of hydrogen-bond donors (Lipinski definition) is 1. The minimum absolute atomic E-state index is 0.0156. The van der Waals surface area contributed by atoms with E-state index in [1.54, 1.807) is 0 Å². The molecule has 0 bridgehead atoms. The van der Waals surface area contributed by atoms with Crippen LogP contribution in [0.5, 0.6) is 0 Å². The van der Waals surface area contributed by atoms with Gasteiger partial charge in [0.05, 0.1) is 17.4 Å². The molecule has 1 aliphatic rings. The molecular formula is C29H34N2O2. The molecule has 0 saturated heterocycles. The number of hydrogen-bond acceptors (Lipinski definition) is 4. The van der Waals surface area contributed by atoms with Crippen molar-refractivity contribution < 1.29 is 9.53 Å². The minimum atomic E-state index is -0.252. The van der Waals surface area contributed by atoms with Crippen LogP contribution in [0.3, 0.4) is 0 Å². The smallest absolute Gasteiger partial charge is 0.302 e. The van der Waals surface area contributed by atoms with Gasteiger partial charge in [-0.3, -0.25) is 4.79 Å². The highest BCUT2D eigenvalue weighted by molar-refractivity contribution is 5.71. The van der Waals surface area contributed by atoms with Gasteiger partial charge in [0.25, 0.3) is 0 Å². The van der Waals surface area contributed by atoms with Crippen molar-refractivity contribution in [3.8, 4) is 0 Å². The molecule has 3 aromatic rings. The zero-order chi connectivity index (χ0) is 23.2. The Labute approximate surface area is 197 Å². The maximum Gasteiger partial charge on any atom is 0.302 e. The van der Waals surface area contributed by atoms with Gasteiger partial charge in [-0.2, -0.15) is 0 Å². The number of nitrogens with one attached hydrogen (secondary N) is 1. The molecule has 1 saturated carbocycles. The maximum absolute atomic E-state index is 11.5. The van der Waals surface area contributed by atoms with Crippen molar-refractivity contribution in [3.05, 3.63) is 95.1 Å². The lowest BCUT2D eigenvalue weighted by Crippen LogP contribution is -2.31. The van der Waals surface area contributed by atoms with Crippen LogP contribution in [0.2, 0.25) is 0 Å². The lowest BCUT2D eigenvalue weighted by atomic mass is 10.0. The van der Waals surface area contributed by atoms with Gasteiger partial charge < -0.3 is 15.0 Å². The van der Waals surface area contributed by atoms with Crippen molar-refractivity contribution >= 4 is 17.3 Å². The number of rotatable bonds is 10. The molecule has 0 aromatic heterocycles. The van der Waals surface area contributed by atoms with Crippen molar-refractivity contribution in [1.29, 1.82) is 0 Å². The van der Waals surface area contributed by atoms with E-state index in [9.17, 15) is 4.79 Å². The van der Waals surface area contributed by atoms with Gasteiger partial charge in [0.15, 0.2) is 0 Å². The molecule has 1 atom stereocenters. The van der Waals surface area contributed by atoms with Gasteiger partial charge in [-0.05, 0) is 56.4 Å². The highest BCUT2D eigenvalue weighted by Gasteiger charge is 2.31. The second-order valence-corrected chi connectivity index (χ2v) is 9.20. The number of aryl methyl sites for hydroxylation is 2. The van der Waals surface area contributed by atoms with E-state index in [2.05, 4.69) is 96.9 Å². The minimum Gasteiger partial charge on any atom is -0.464 e. The number of ether oxygens (including phenoxy) is 1. The van der Waals surface area contributed by atoms with Gasteiger partial charge in [-0.15, -0.1) is 0 Å². The third-order valence-electron chi connectivity index (χ3n) is 6.12. The number of carbonyl (C=O) groups excluding carboxylic acids is 1. The highest BCUT2D eigenvalue weighted by atomic mass is 16.5. The van der Waals surface area contributed by atoms with Crippen LogP contribution in [-0.4, -0.2) is 24.7 Å². The molecule has 4 nitrogen and oxygen atoms in total. The zero-order valence-corrected chi connectivity index (χ0v) is 19.9. The first-order valence-electron chi connectivity index (χ1n) is 11.8. The average Bonchev–Trinajstić information content (AvgIpc) is 3.64. The lowest BCUT2D eigenvalue weighted by Gasteiger charge is -2.29. The Kier molecular flexibility index (Phi) is 7.33. The summed E-state index contributed by atoms with van der Waals surface area (Å²) in [7, 11) is 0. The summed E-state index contributed by atoms with van der Waals surface area (Å²) >= 11 is 0. The molecule has 0 spiro atoms. The van der Waals surface area contributed by atoms with E-state index in [1.165, 1.54) is 47.7 Å². The molecule has 0 heterocycles. The fourth-order valence-corrected chi connectivity index (χ4v) is 4.13. The average molecular weight is 443 g/mol. The predicted molar refractivity (Wildman–Crippen MR) is 136 cm³/mol. The van der Waals surface area contributed by atoms with Crippen LogP contribution in [0.1, 0.15) is 42.0 Å². The standard InChI is InChI=1S/C29H34N2O2/c1-21-8-12-24(13-9-21)18-26(20-33-23(3)32)30-28-6-4-5-7-29(28)31(27-16-17-27)19-25-14-10-22(2)11-15-25/h4-15,26-27,30H,16-20H2,1-3H3. The number of nitrogens with zero attached hydrogens (tertiary/aromatic N) is 1. The summed E-state index contributed by atoms with van der Waals surface area (Å²) in [6.45, 7) is 6.90. The topological polar surface area (TPSA) is 41.6 Å². The van der Waals surface area contributed by atoms with Gasteiger partial charge in [0.2, 0.25) is 0 Å². The van der Waals surface area contributed by atoms with Crippen LogP contribution in [0.15, 0.2) is 72.8 Å². The Morgan fingerprint density at radius 3 is 2.15 bits per heavy atom. The van der Waals surface area contributed by atoms with Crippen molar-refractivity contribution in [3.63, 3.8) is 0 Å². The van der Waals surface area contributed by atoms with Crippen molar-refractivity contribution in [2.45, 2.75) is 58.7 Å². The SMILES string of the molecule is CC(=O)OCC(Cc1ccc(C)cc1)Nc1ccccc1N(Cc1ccc(C)cc1)C1CC1. The van der Waals surface area contributed by atoms with Crippen LogP contribution in [0, 0.1) is 13.8 Å². The fourth-order valence-electron chi connectivity index (χ4n) is 4.13. The lowest BCUT2D eigenvalue weighted by molar-refractivity contribution is -0.141. The number of anilines is 2. The van der Waals surface area contributed by atoms with Crippen molar-refractivity contribution in [2.75, 3.05) is 16.8 Å². The van der Waals surface area contributed by atoms with Crippen LogP contribution in [0.4, 0.5) is 11.4 Å². The molecule has 172 valence electrons. The molecule has 3 aromatic carbocycles. The first-order chi connectivity index (χ1) is 16.0. The zero-order valence-electron chi connectivity index (χ0n) is 19.9. The van der Waals surface area contributed by atoms with E-state index >= 15 is 0 Å². The number of esters is 1. The van der Waals surface area contributed by atoms with E-state index in [0.717, 1.165) is 18.7 Å². The van der Waals surface area contributed by atoms with E-state index < -0.39 is 0 Å². The summed E-state index contributed by atoms with van der Waals surface area (Å²) in [5.74, 6) is -0.252. The van der Waals surface area contributed by atoms with Crippen LogP contribution in [0.25, 0.3) is 0 Å². The van der Waals surface area contributed by atoms with Gasteiger partial charge in [-0.1, -0.05) is 71.8 Å². The van der Waals surface area contributed by atoms with Gasteiger partial charge in [-0.25, -0.2) is 0 Å². The molecule has 4 heteroatoms. The third kappa shape index (κ3) is 6.61. The molecule has 33 heavy (non-hydrogen) atoms. The highest BCUT2D eigenvalue weighted by Crippen LogP contribution is 2.37. The van der Waals surface area contributed by atoms with E-state index in [4.69, 9.17) is 4.74 Å². The number of carbonyl (C=O) groups is 1. The summed E-state index contributed by atoms with van der Waals surface area (Å²) < 4.78 is 5.42. The summed E-state index contributed by atoms with van der Waals surface area (Å²) in [6.07, 6.45) is 3.23. The Hall–Kier alpha value is -3.27. The van der Waals surface area contributed by atoms with Crippen molar-refractivity contribution in [2.24, 2.45) is 0 Å². The molecule has 1 aliphatic carbocycles. The monoisotopic (exact) mass is 442 g/mol. The number of benzene rings is 3. The molecule has 1 N–H and O–H groups in total. The quantitative estimate of drug-likeness (QED) is 0.388. The molecule has 0 aliphatic heterocycles. The van der Waals surface area contributed by atoms with E-state index in [-0.39, 0.29) is 12.0 Å². The van der Waals surface area contributed by atoms with Gasteiger partial charge in [0, 0.05) is 19.5 Å². The van der Waals surface area contributed by atoms with Crippen LogP contribution in [-0.2, 0) is 22.5 Å². The predicted octanol–water partition coefficient (Wildman–Crippen LogP) is 6.06. The fraction of sp³-hybridized carbons (Fsp3) is 0.345. The van der Waals surface area contributed by atoms with Gasteiger partial charge in [0.1, 0.15) is 6.61 Å². The molecule has 1 unspecified atom stereocenters. The molecule has 0 amide bonds. The Morgan fingerprint density at radius 2 is 1.55 bits per heavy atom. The van der Waals surface area contributed by atoms with E-state index in [0.29, 0.717) is 12.6 Å². The largest absolute Gasteiger partial charge is 0.464 e. The summed E-state index contributed by atoms with van der Waals surface area (Å²) in [6, 6.07) is 26.4. The Balaban J connectivity index is 1.56. The van der Waals surface area contributed by atoms with E-state index in [1.807, 2.05) is 0 Å². The van der Waals surface area contributed by atoms with Crippen LogP contribution < -0.4 is 10.2 Å². The summed E-state index contributed by atoms with van der Waals surface area (Å²) in [4.78, 5) is 14.1. The molecule has 1 fully saturated rings.